The summed E-state index contributed by atoms with van der Waals surface area (Å²) in [6, 6.07) is 10.5. The van der Waals surface area contributed by atoms with Crippen molar-refractivity contribution >= 4 is 5.78 Å². The number of hydrogen-bond donors (Lipinski definition) is 0. The van der Waals surface area contributed by atoms with Gasteiger partial charge in [-0.05, 0) is 51.3 Å². The molecule has 1 nitrogen and oxygen atoms in total. The molecule has 0 bridgehead atoms. The van der Waals surface area contributed by atoms with Gasteiger partial charge in [-0.2, -0.15) is 0 Å². The summed E-state index contributed by atoms with van der Waals surface area (Å²) in [5.41, 5.74) is 5.64. The highest BCUT2D eigenvalue weighted by Gasteiger charge is 2.40. The van der Waals surface area contributed by atoms with Crippen LogP contribution in [0.25, 0.3) is 0 Å². The predicted octanol–water partition coefficient (Wildman–Crippen LogP) is 4.18. The third-order valence-corrected chi connectivity index (χ3v) is 4.69. The van der Waals surface area contributed by atoms with Crippen LogP contribution >= 0.6 is 0 Å². The Morgan fingerprint density at radius 3 is 1.72 bits per heavy atom. The summed E-state index contributed by atoms with van der Waals surface area (Å²) in [6.07, 6.45) is 0. The van der Waals surface area contributed by atoms with Crippen molar-refractivity contribution in [1.29, 1.82) is 0 Å². The highest BCUT2D eigenvalue weighted by molar-refractivity contribution is 6.11. The van der Waals surface area contributed by atoms with Gasteiger partial charge in [-0.25, -0.2) is 0 Å². The maximum absolute atomic E-state index is 10.2. The number of ketones is 1. The van der Waals surface area contributed by atoms with Gasteiger partial charge in [0, 0.05) is 5.41 Å². The Hall–Kier alpha value is -1.63. The number of rotatable bonds is 1. The summed E-state index contributed by atoms with van der Waals surface area (Å²) in [4.78, 5) is 10.2. The topological polar surface area (TPSA) is 21.4 Å². The molecule has 1 N–H and O–H groups in total. The molecule has 0 heterocycles. The molecule has 0 fully saturated rings. The third-order valence-electron chi connectivity index (χ3n) is 4.69. The first-order chi connectivity index (χ1) is 8.40. The first kappa shape index (κ1) is 12.8. The van der Waals surface area contributed by atoms with Crippen LogP contribution in [0.5, 0.6) is 0 Å². The van der Waals surface area contributed by atoms with Crippen molar-refractivity contribution < 1.29 is 4.79 Å². The standard InChI is InChI=1S/C17H20O/c1-11-13(3)17(5,14(4)12(2)16(11)18)15-9-7-6-8-10-15/h6-10H,1-5H3/p+1. The van der Waals surface area contributed by atoms with E-state index in [1.807, 2.05) is 19.9 Å². The number of carbonyl (C=O) groups excluding carboxylic acids is 1. The third kappa shape index (κ3) is 1.58. The number of hydrogen-bond acceptors (Lipinski definition) is 0. The van der Waals surface area contributed by atoms with Crippen LogP contribution < -0.4 is 0 Å². The lowest BCUT2D eigenvalue weighted by molar-refractivity contribution is 0.618. The fourth-order valence-electron chi connectivity index (χ4n) is 2.87. The Balaban J connectivity index is 2.73. The minimum atomic E-state index is -0.109. The molecule has 0 atom stereocenters. The van der Waals surface area contributed by atoms with Gasteiger partial charge in [0.15, 0.2) is 0 Å². The SMILES string of the molecule is CC1=C(C)C(C)(c2ccccc2)C(C)=C(C)C1=[OH+]. The molecule has 0 saturated heterocycles. The Kier molecular flexibility index (Phi) is 3.02. The fraction of sp³-hybridized carbons (Fsp3) is 0.353. The molecule has 1 aromatic rings. The minimum absolute atomic E-state index is 0.109. The minimum Gasteiger partial charge on any atom is -0.273 e. The molecule has 0 spiro atoms. The molecule has 94 valence electrons. The summed E-state index contributed by atoms with van der Waals surface area (Å²) < 4.78 is 0. The van der Waals surface area contributed by atoms with Crippen molar-refractivity contribution in [2.24, 2.45) is 0 Å². The Labute approximate surface area is 109 Å². The number of benzene rings is 1. The molecular weight excluding hydrogens is 220 g/mol. The van der Waals surface area contributed by atoms with E-state index in [0.29, 0.717) is 5.78 Å². The molecule has 0 radical (unpaired) electrons. The fourth-order valence-corrected chi connectivity index (χ4v) is 2.87. The van der Waals surface area contributed by atoms with Crippen molar-refractivity contribution in [3.8, 4) is 0 Å². The van der Waals surface area contributed by atoms with E-state index in [-0.39, 0.29) is 5.41 Å². The van der Waals surface area contributed by atoms with Crippen LogP contribution in [0.15, 0.2) is 52.6 Å². The zero-order chi connectivity index (χ0) is 13.5. The first-order valence-corrected chi connectivity index (χ1v) is 6.38. The average molecular weight is 241 g/mol. The lowest BCUT2D eigenvalue weighted by Crippen LogP contribution is -2.33. The van der Waals surface area contributed by atoms with E-state index in [2.05, 4.69) is 45.0 Å². The average Bonchev–Trinajstić information content (AvgIpc) is 2.42. The van der Waals surface area contributed by atoms with Gasteiger partial charge < -0.3 is 0 Å². The van der Waals surface area contributed by atoms with Crippen LogP contribution in [0.2, 0.25) is 0 Å². The van der Waals surface area contributed by atoms with Gasteiger partial charge in [-0.3, -0.25) is 4.79 Å². The quantitative estimate of drug-likeness (QED) is 0.658. The number of allylic oxidation sites excluding steroid dienone is 4. The molecule has 0 aromatic heterocycles. The first-order valence-electron chi connectivity index (χ1n) is 6.38. The van der Waals surface area contributed by atoms with Crippen molar-refractivity contribution in [1.82, 2.24) is 0 Å². The van der Waals surface area contributed by atoms with Crippen LogP contribution in [0, 0.1) is 0 Å². The highest BCUT2D eigenvalue weighted by atomic mass is 16.1. The van der Waals surface area contributed by atoms with E-state index < -0.39 is 0 Å². The van der Waals surface area contributed by atoms with Crippen LogP contribution in [0.4, 0.5) is 0 Å². The predicted molar refractivity (Wildman–Crippen MR) is 77.5 cm³/mol. The zero-order valence-corrected chi connectivity index (χ0v) is 11.8. The van der Waals surface area contributed by atoms with Gasteiger partial charge >= 0.3 is 5.78 Å². The molecule has 1 aliphatic carbocycles. The van der Waals surface area contributed by atoms with Crippen LogP contribution in [-0.2, 0) is 5.41 Å². The summed E-state index contributed by atoms with van der Waals surface area (Å²) >= 11 is 0. The molecule has 18 heavy (non-hydrogen) atoms. The highest BCUT2D eigenvalue weighted by Crippen LogP contribution is 2.44. The van der Waals surface area contributed by atoms with Gasteiger partial charge in [-0.1, -0.05) is 30.3 Å². The van der Waals surface area contributed by atoms with Gasteiger partial charge in [0.2, 0.25) is 0 Å². The zero-order valence-electron chi connectivity index (χ0n) is 11.8. The summed E-state index contributed by atoms with van der Waals surface area (Å²) in [7, 11) is 0. The Bertz CT molecular complexity index is 531. The van der Waals surface area contributed by atoms with E-state index in [1.165, 1.54) is 16.7 Å². The van der Waals surface area contributed by atoms with Crippen molar-refractivity contribution in [3.63, 3.8) is 0 Å². The molecule has 2 rings (SSSR count). The van der Waals surface area contributed by atoms with Crippen molar-refractivity contribution in [2.45, 2.75) is 40.0 Å². The Morgan fingerprint density at radius 2 is 1.28 bits per heavy atom. The molecule has 0 aliphatic heterocycles. The maximum Gasteiger partial charge on any atom is 0.345 e. The lowest BCUT2D eigenvalue weighted by atomic mass is 9.65. The molecular formula is C17H21O+. The molecule has 0 saturated carbocycles. The lowest BCUT2D eigenvalue weighted by Gasteiger charge is -2.37. The smallest absolute Gasteiger partial charge is 0.273 e. The summed E-state index contributed by atoms with van der Waals surface area (Å²) in [6.45, 7) is 10.5. The molecule has 1 aromatic carbocycles. The molecule has 0 unspecified atom stereocenters. The van der Waals surface area contributed by atoms with Crippen LogP contribution in [0.1, 0.15) is 40.2 Å². The van der Waals surface area contributed by atoms with Crippen LogP contribution in [0.3, 0.4) is 0 Å². The monoisotopic (exact) mass is 241 g/mol. The molecule has 1 aliphatic rings. The second-order valence-electron chi connectivity index (χ2n) is 5.34. The molecule has 1 heteroatoms. The second-order valence-corrected chi connectivity index (χ2v) is 5.34. The van der Waals surface area contributed by atoms with Gasteiger partial charge in [0.05, 0.1) is 11.1 Å². The van der Waals surface area contributed by atoms with E-state index >= 15 is 0 Å². The van der Waals surface area contributed by atoms with Gasteiger partial charge in [0.1, 0.15) is 0 Å². The maximum atomic E-state index is 10.2. The second kappa shape index (κ2) is 4.24. The van der Waals surface area contributed by atoms with Crippen molar-refractivity contribution in [3.05, 3.63) is 58.2 Å². The molecule has 0 amide bonds. The normalized spacial score (nSPS) is 24.8. The van der Waals surface area contributed by atoms with Gasteiger partial charge in [0.25, 0.3) is 0 Å². The van der Waals surface area contributed by atoms with Crippen LogP contribution in [-0.4, -0.2) is 10.6 Å². The van der Waals surface area contributed by atoms with E-state index in [0.717, 1.165) is 11.1 Å². The Morgan fingerprint density at radius 1 is 0.833 bits per heavy atom. The van der Waals surface area contributed by atoms with E-state index in [1.54, 1.807) is 0 Å². The summed E-state index contributed by atoms with van der Waals surface area (Å²) in [5, 5.41) is 0. The van der Waals surface area contributed by atoms with E-state index in [9.17, 15) is 4.79 Å². The largest absolute Gasteiger partial charge is 0.345 e. The van der Waals surface area contributed by atoms with Crippen molar-refractivity contribution in [2.75, 3.05) is 0 Å². The summed E-state index contributed by atoms with van der Waals surface area (Å²) in [5.74, 6) is 0.443. The van der Waals surface area contributed by atoms with Gasteiger partial charge in [-0.15, -0.1) is 0 Å². The van der Waals surface area contributed by atoms with E-state index in [4.69, 9.17) is 0 Å².